The van der Waals surface area contributed by atoms with Gasteiger partial charge in [-0.25, -0.2) is 4.98 Å². The predicted molar refractivity (Wildman–Crippen MR) is 99.4 cm³/mol. The number of nitrogens with zero attached hydrogens (tertiary/aromatic N) is 4. The summed E-state index contributed by atoms with van der Waals surface area (Å²) >= 11 is 0. The number of aromatic nitrogens is 3. The van der Waals surface area contributed by atoms with E-state index in [2.05, 4.69) is 44.0 Å². The van der Waals surface area contributed by atoms with Crippen molar-refractivity contribution in [2.24, 2.45) is 7.05 Å². The van der Waals surface area contributed by atoms with Gasteiger partial charge in [0.05, 0.1) is 25.0 Å². The molecule has 1 amide bonds. The second-order valence-electron chi connectivity index (χ2n) is 6.70. The lowest BCUT2D eigenvalue weighted by Crippen LogP contribution is -2.34. The van der Waals surface area contributed by atoms with Gasteiger partial charge in [-0.15, -0.1) is 0 Å². The van der Waals surface area contributed by atoms with Gasteiger partial charge in [0.15, 0.2) is 0 Å². The summed E-state index contributed by atoms with van der Waals surface area (Å²) < 4.78 is 4.05. The monoisotopic (exact) mass is 349 g/mol. The predicted octanol–water partition coefficient (Wildman–Crippen LogP) is 2.17. The Morgan fingerprint density at radius 2 is 2.00 bits per heavy atom. The molecule has 134 valence electrons. The van der Waals surface area contributed by atoms with Crippen LogP contribution in [0.25, 0.3) is 0 Å². The Morgan fingerprint density at radius 1 is 1.15 bits per heavy atom. The van der Waals surface area contributed by atoms with E-state index in [1.165, 1.54) is 5.56 Å². The van der Waals surface area contributed by atoms with Crippen LogP contribution in [0.5, 0.6) is 0 Å². The quantitative estimate of drug-likeness (QED) is 0.768. The standard InChI is InChI=1S/C20H23N5O/c1-23-9-5-8-18(23)20(26)22-13-17-12-21-19-15-24(10-11-25(17)19)14-16-6-3-2-4-7-16/h2-9,12H,10-11,13-15H2,1H3,(H,22,26). The topological polar surface area (TPSA) is 55.1 Å². The number of hydrogen-bond acceptors (Lipinski definition) is 3. The average molecular weight is 349 g/mol. The summed E-state index contributed by atoms with van der Waals surface area (Å²) in [5.74, 6) is 1.00. The molecule has 1 aromatic carbocycles. The van der Waals surface area contributed by atoms with E-state index < -0.39 is 0 Å². The molecule has 4 rings (SSSR count). The highest BCUT2D eigenvalue weighted by Crippen LogP contribution is 2.16. The molecule has 0 radical (unpaired) electrons. The third-order valence-electron chi connectivity index (χ3n) is 4.88. The third-order valence-corrected chi connectivity index (χ3v) is 4.88. The first-order valence-electron chi connectivity index (χ1n) is 8.90. The molecule has 0 saturated carbocycles. The molecule has 0 spiro atoms. The summed E-state index contributed by atoms with van der Waals surface area (Å²) in [6.45, 7) is 4.15. The number of nitrogens with one attached hydrogen (secondary N) is 1. The van der Waals surface area contributed by atoms with E-state index in [0.717, 1.165) is 37.7 Å². The van der Waals surface area contributed by atoms with Crippen molar-refractivity contribution < 1.29 is 4.79 Å². The first kappa shape index (κ1) is 16.6. The molecule has 1 aliphatic rings. The number of rotatable bonds is 5. The van der Waals surface area contributed by atoms with Crippen LogP contribution in [0.4, 0.5) is 0 Å². The van der Waals surface area contributed by atoms with Gasteiger partial charge in [0.2, 0.25) is 0 Å². The van der Waals surface area contributed by atoms with E-state index in [-0.39, 0.29) is 5.91 Å². The van der Waals surface area contributed by atoms with Gasteiger partial charge in [-0.05, 0) is 17.7 Å². The molecule has 1 N–H and O–H groups in total. The summed E-state index contributed by atoms with van der Waals surface area (Å²) in [5, 5.41) is 3.00. The van der Waals surface area contributed by atoms with Crippen molar-refractivity contribution in [2.45, 2.75) is 26.2 Å². The lowest BCUT2D eigenvalue weighted by molar-refractivity contribution is 0.0941. The Balaban J connectivity index is 1.38. The molecular weight excluding hydrogens is 326 g/mol. The zero-order valence-corrected chi connectivity index (χ0v) is 14.9. The van der Waals surface area contributed by atoms with Crippen molar-refractivity contribution >= 4 is 5.91 Å². The van der Waals surface area contributed by atoms with Crippen LogP contribution in [0.15, 0.2) is 54.9 Å². The van der Waals surface area contributed by atoms with E-state index in [1.54, 1.807) is 0 Å². The summed E-state index contributed by atoms with van der Waals surface area (Å²) in [6.07, 6.45) is 3.75. The summed E-state index contributed by atoms with van der Waals surface area (Å²) in [5.41, 5.74) is 3.04. The van der Waals surface area contributed by atoms with Gasteiger partial charge < -0.3 is 14.5 Å². The smallest absolute Gasteiger partial charge is 0.268 e. The molecule has 26 heavy (non-hydrogen) atoms. The zero-order chi connectivity index (χ0) is 17.9. The fourth-order valence-electron chi connectivity index (χ4n) is 3.45. The minimum atomic E-state index is -0.0606. The number of amides is 1. The van der Waals surface area contributed by atoms with Crippen molar-refractivity contribution in [3.63, 3.8) is 0 Å². The van der Waals surface area contributed by atoms with Gasteiger partial charge in [-0.2, -0.15) is 0 Å². The number of carbonyl (C=O) groups is 1. The van der Waals surface area contributed by atoms with Crippen LogP contribution in [-0.4, -0.2) is 31.5 Å². The number of carbonyl (C=O) groups excluding carboxylic acids is 1. The first-order chi connectivity index (χ1) is 12.7. The van der Waals surface area contributed by atoms with Crippen LogP contribution in [0, 0.1) is 0 Å². The van der Waals surface area contributed by atoms with Crippen molar-refractivity contribution in [2.75, 3.05) is 6.54 Å². The largest absolute Gasteiger partial charge is 0.347 e. The Labute approximate surface area is 153 Å². The Bertz CT molecular complexity index is 896. The Kier molecular flexibility index (Phi) is 4.58. The number of hydrogen-bond donors (Lipinski definition) is 1. The SMILES string of the molecule is Cn1cccc1C(=O)NCc1cnc2n1CCN(Cc1ccccc1)C2. The van der Waals surface area contributed by atoms with Crippen LogP contribution in [0.2, 0.25) is 0 Å². The van der Waals surface area contributed by atoms with E-state index in [4.69, 9.17) is 0 Å². The highest BCUT2D eigenvalue weighted by molar-refractivity contribution is 5.92. The van der Waals surface area contributed by atoms with Crippen LogP contribution in [-0.2, 0) is 33.2 Å². The van der Waals surface area contributed by atoms with Crippen molar-refractivity contribution in [1.82, 2.24) is 24.3 Å². The van der Waals surface area contributed by atoms with Crippen molar-refractivity contribution in [3.05, 3.63) is 77.6 Å². The van der Waals surface area contributed by atoms with Crippen molar-refractivity contribution in [1.29, 1.82) is 0 Å². The molecule has 1 aliphatic heterocycles. The number of benzene rings is 1. The summed E-state index contributed by atoms with van der Waals surface area (Å²) in [6, 6.07) is 14.2. The second-order valence-corrected chi connectivity index (χ2v) is 6.70. The highest BCUT2D eigenvalue weighted by atomic mass is 16.1. The van der Waals surface area contributed by atoms with Crippen molar-refractivity contribution in [3.8, 4) is 0 Å². The molecule has 6 nitrogen and oxygen atoms in total. The number of aryl methyl sites for hydroxylation is 1. The van der Waals surface area contributed by atoms with E-state index >= 15 is 0 Å². The lowest BCUT2D eigenvalue weighted by atomic mass is 10.2. The molecular formula is C20H23N5O. The van der Waals surface area contributed by atoms with Gasteiger partial charge in [0, 0.05) is 32.9 Å². The highest BCUT2D eigenvalue weighted by Gasteiger charge is 2.20. The maximum Gasteiger partial charge on any atom is 0.268 e. The third kappa shape index (κ3) is 3.41. The molecule has 3 aromatic rings. The molecule has 6 heteroatoms. The van der Waals surface area contributed by atoms with Gasteiger partial charge >= 0.3 is 0 Å². The molecule has 3 heterocycles. The van der Waals surface area contributed by atoms with Crippen LogP contribution in [0.3, 0.4) is 0 Å². The second kappa shape index (κ2) is 7.17. The fourth-order valence-corrected chi connectivity index (χ4v) is 3.45. The number of imidazole rings is 1. The Morgan fingerprint density at radius 3 is 2.77 bits per heavy atom. The molecule has 0 fully saturated rings. The van der Waals surface area contributed by atoms with Crippen LogP contribution < -0.4 is 5.32 Å². The lowest BCUT2D eigenvalue weighted by Gasteiger charge is -2.28. The normalized spacial score (nSPS) is 14.2. The minimum Gasteiger partial charge on any atom is -0.347 e. The number of fused-ring (bicyclic) bond motifs is 1. The zero-order valence-electron chi connectivity index (χ0n) is 14.9. The van der Waals surface area contributed by atoms with Crippen LogP contribution in [0.1, 0.15) is 27.6 Å². The molecule has 0 unspecified atom stereocenters. The molecule has 0 atom stereocenters. The Hall–Kier alpha value is -2.86. The molecule has 0 aliphatic carbocycles. The van der Waals surface area contributed by atoms with Gasteiger partial charge in [-0.3, -0.25) is 9.69 Å². The summed E-state index contributed by atoms with van der Waals surface area (Å²) in [7, 11) is 1.87. The van der Waals surface area contributed by atoms with Gasteiger partial charge in [-0.1, -0.05) is 30.3 Å². The molecule has 0 bridgehead atoms. The molecule has 0 saturated heterocycles. The van der Waals surface area contributed by atoms with Crippen LogP contribution >= 0.6 is 0 Å². The van der Waals surface area contributed by atoms with Gasteiger partial charge in [0.1, 0.15) is 11.5 Å². The maximum atomic E-state index is 12.3. The minimum absolute atomic E-state index is 0.0606. The van der Waals surface area contributed by atoms with E-state index in [1.807, 2.05) is 42.2 Å². The summed E-state index contributed by atoms with van der Waals surface area (Å²) in [4.78, 5) is 19.3. The average Bonchev–Trinajstić information content (AvgIpc) is 3.26. The molecule has 2 aromatic heterocycles. The van der Waals surface area contributed by atoms with E-state index in [9.17, 15) is 4.79 Å². The van der Waals surface area contributed by atoms with E-state index in [0.29, 0.717) is 12.2 Å². The maximum absolute atomic E-state index is 12.3. The fraction of sp³-hybridized carbons (Fsp3) is 0.300. The van der Waals surface area contributed by atoms with Gasteiger partial charge in [0.25, 0.3) is 5.91 Å². The first-order valence-corrected chi connectivity index (χ1v) is 8.90.